The smallest absolute Gasteiger partial charge is 0.246 e. The second kappa shape index (κ2) is 9.21. The Labute approximate surface area is 174 Å². The zero-order valence-corrected chi connectivity index (χ0v) is 16.8. The van der Waals surface area contributed by atoms with Crippen LogP contribution in [0.5, 0.6) is 0 Å². The molecule has 2 aromatic carbocycles. The number of anilines is 3. The quantitative estimate of drug-likeness (QED) is 0.681. The Hall–Kier alpha value is -3.68. The average molecular weight is 408 g/mol. The van der Waals surface area contributed by atoms with Gasteiger partial charge in [-0.25, -0.2) is 0 Å². The molecule has 1 fully saturated rings. The zero-order chi connectivity index (χ0) is 21.7. The standard InChI is InChI=1S/C22H24N4O4/c1-14(21(29)25-18-8-6-7-17(12-18)24-15(2)27)23-22(30)16-11-20(28)26(13-16)19-9-4-3-5-10-19/h3-10,12,14,16H,11,13H2,1-2H3,(H,23,30)(H,24,27)(H,25,29)/t14-,16?/m1/s1. The van der Waals surface area contributed by atoms with Gasteiger partial charge >= 0.3 is 0 Å². The normalized spacial score (nSPS) is 16.7. The summed E-state index contributed by atoms with van der Waals surface area (Å²) in [4.78, 5) is 50.1. The van der Waals surface area contributed by atoms with Gasteiger partial charge in [-0.15, -0.1) is 0 Å². The third-order valence-corrected chi connectivity index (χ3v) is 4.77. The number of nitrogens with zero attached hydrogens (tertiary/aromatic N) is 1. The van der Waals surface area contributed by atoms with E-state index in [-0.39, 0.29) is 30.7 Å². The molecule has 30 heavy (non-hydrogen) atoms. The summed E-state index contributed by atoms with van der Waals surface area (Å²) in [5.41, 5.74) is 1.81. The highest BCUT2D eigenvalue weighted by atomic mass is 16.2. The predicted molar refractivity (Wildman–Crippen MR) is 114 cm³/mol. The summed E-state index contributed by atoms with van der Waals surface area (Å²) in [6.07, 6.45) is 0.105. The number of para-hydroxylation sites is 1. The van der Waals surface area contributed by atoms with Crippen LogP contribution in [0.1, 0.15) is 20.3 Å². The fraction of sp³-hybridized carbons (Fsp3) is 0.273. The van der Waals surface area contributed by atoms with E-state index in [2.05, 4.69) is 16.0 Å². The van der Waals surface area contributed by atoms with Gasteiger partial charge in [0.15, 0.2) is 0 Å². The topological polar surface area (TPSA) is 108 Å². The summed E-state index contributed by atoms with van der Waals surface area (Å²) >= 11 is 0. The first-order chi connectivity index (χ1) is 14.3. The zero-order valence-electron chi connectivity index (χ0n) is 16.8. The van der Waals surface area contributed by atoms with Crippen LogP contribution in [-0.2, 0) is 19.2 Å². The van der Waals surface area contributed by atoms with Crippen LogP contribution in [0.2, 0.25) is 0 Å². The number of hydrogen-bond donors (Lipinski definition) is 3. The second-order valence-corrected chi connectivity index (χ2v) is 7.22. The van der Waals surface area contributed by atoms with Crippen LogP contribution in [-0.4, -0.2) is 36.2 Å². The van der Waals surface area contributed by atoms with Gasteiger partial charge < -0.3 is 20.9 Å². The monoisotopic (exact) mass is 408 g/mol. The first kappa shape index (κ1) is 21.0. The number of hydrogen-bond acceptors (Lipinski definition) is 4. The molecule has 1 heterocycles. The fourth-order valence-corrected chi connectivity index (χ4v) is 3.27. The molecule has 3 N–H and O–H groups in total. The molecule has 156 valence electrons. The Morgan fingerprint density at radius 2 is 1.67 bits per heavy atom. The largest absolute Gasteiger partial charge is 0.344 e. The highest BCUT2D eigenvalue weighted by molar-refractivity contribution is 6.02. The molecule has 0 spiro atoms. The van der Waals surface area contributed by atoms with Crippen LogP contribution in [0.25, 0.3) is 0 Å². The summed E-state index contributed by atoms with van der Waals surface area (Å²) in [5, 5.41) is 8.04. The number of carbonyl (C=O) groups excluding carboxylic acids is 4. The lowest BCUT2D eigenvalue weighted by Gasteiger charge is -2.18. The molecule has 4 amide bonds. The number of carbonyl (C=O) groups is 4. The number of nitrogens with one attached hydrogen (secondary N) is 3. The summed E-state index contributed by atoms with van der Waals surface area (Å²) < 4.78 is 0. The summed E-state index contributed by atoms with van der Waals surface area (Å²) in [6, 6.07) is 15.1. The minimum atomic E-state index is -0.789. The Kier molecular flexibility index (Phi) is 6.46. The lowest BCUT2D eigenvalue weighted by atomic mass is 10.1. The molecular weight excluding hydrogens is 384 g/mol. The molecule has 0 aromatic heterocycles. The van der Waals surface area contributed by atoms with Crippen molar-refractivity contribution in [1.82, 2.24) is 5.32 Å². The van der Waals surface area contributed by atoms with Gasteiger partial charge in [0.2, 0.25) is 23.6 Å². The predicted octanol–water partition coefficient (Wildman–Crippen LogP) is 2.14. The van der Waals surface area contributed by atoms with Gasteiger partial charge in [0.25, 0.3) is 0 Å². The lowest BCUT2D eigenvalue weighted by Crippen LogP contribution is -2.44. The van der Waals surface area contributed by atoms with Gasteiger partial charge in [0, 0.05) is 37.0 Å². The van der Waals surface area contributed by atoms with E-state index >= 15 is 0 Å². The van der Waals surface area contributed by atoms with Crippen LogP contribution >= 0.6 is 0 Å². The Bertz CT molecular complexity index is 961. The van der Waals surface area contributed by atoms with E-state index < -0.39 is 17.9 Å². The lowest BCUT2D eigenvalue weighted by molar-refractivity contribution is -0.129. The van der Waals surface area contributed by atoms with Crippen LogP contribution in [0.4, 0.5) is 17.1 Å². The van der Waals surface area contributed by atoms with E-state index in [4.69, 9.17) is 0 Å². The highest BCUT2D eigenvalue weighted by Crippen LogP contribution is 2.25. The first-order valence-electron chi connectivity index (χ1n) is 9.68. The molecule has 1 aliphatic rings. The van der Waals surface area contributed by atoms with Crippen molar-refractivity contribution in [3.05, 3.63) is 54.6 Å². The maximum absolute atomic E-state index is 12.6. The van der Waals surface area contributed by atoms with Crippen molar-refractivity contribution >= 4 is 40.7 Å². The molecule has 2 atom stereocenters. The molecule has 8 nitrogen and oxygen atoms in total. The third kappa shape index (κ3) is 5.22. The Morgan fingerprint density at radius 3 is 2.33 bits per heavy atom. The van der Waals surface area contributed by atoms with E-state index in [1.54, 1.807) is 36.1 Å². The van der Waals surface area contributed by atoms with Crippen LogP contribution in [0.15, 0.2) is 54.6 Å². The highest BCUT2D eigenvalue weighted by Gasteiger charge is 2.35. The number of rotatable bonds is 6. The van der Waals surface area contributed by atoms with Gasteiger partial charge in [-0.3, -0.25) is 19.2 Å². The molecule has 0 saturated carbocycles. The maximum atomic E-state index is 12.6. The Balaban J connectivity index is 1.56. The van der Waals surface area contributed by atoms with E-state index in [0.29, 0.717) is 11.4 Å². The van der Waals surface area contributed by atoms with Crippen molar-refractivity contribution in [1.29, 1.82) is 0 Å². The van der Waals surface area contributed by atoms with Crippen LogP contribution in [0, 0.1) is 5.92 Å². The number of benzene rings is 2. The summed E-state index contributed by atoms with van der Waals surface area (Å²) in [5.74, 6) is -1.58. The van der Waals surface area contributed by atoms with Gasteiger partial charge in [0.1, 0.15) is 6.04 Å². The van der Waals surface area contributed by atoms with Gasteiger partial charge in [-0.2, -0.15) is 0 Å². The summed E-state index contributed by atoms with van der Waals surface area (Å²) in [6.45, 7) is 3.26. The van der Waals surface area contributed by atoms with Crippen LogP contribution in [0.3, 0.4) is 0 Å². The van der Waals surface area contributed by atoms with E-state index in [1.807, 2.05) is 30.3 Å². The third-order valence-electron chi connectivity index (χ3n) is 4.77. The summed E-state index contributed by atoms with van der Waals surface area (Å²) in [7, 11) is 0. The molecule has 1 aliphatic heterocycles. The van der Waals surface area contributed by atoms with E-state index in [9.17, 15) is 19.2 Å². The van der Waals surface area contributed by atoms with Gasteiger partial charge in [-0.1, -0.05) is 24.3 Å². The van der Waals surface area contributed by atoms with E-state index in [1.165, 1.54) is 6.92 Å². The molecule has 0 aliphatic carbocycles. The van der Waals surface area contributed by atoms with Gasteiger partial charge in [0.05, 0.1) is 5.92 Å². The van der Waals surface area contributed by atoms with Crippen molar-refractivity contribution in [3.8, 4) is 0 Å². The molecule has 2 aromatic rings. The minimum Gasteiger partial charge on any atom is -0.344 e. The molecule has 0 bridgehead atoms. The maximum Gasteiger partial charge on any atom is 0.246 e. The average Bonchev–Trinajstić information content (AvgIpc) is 3.10. The second-order valence-electron chi connectivity index (χ2n) is 7.22. The molecule has 1 unspecified atom stereocenters. The van der Waals surface area contributed by atoms with Crippen LogP contribution < -0.4 is 20.9 Å². The molecule has 1 saturated heterocycles. The number of amides is 4. The van der Waals surface area contributed by atoms with Crippen molar-refractivity contribution in [2.75, 3.05) is 22.1 Å². The Morgan fingerprint density at radius 1 is 1.00 bits per heavy atom. The van der Waals surface area contributed by atoms with E-state index in [0.717, 1.165) is 5.69 Å². The van der Waals surface area contributed by atoms with Crippen molar-refractivity contribution in [2.45, 2.75) is 26.3 Å². The minimum absolute atomic E-state index is 0.105. The first-order valence-corrected chi connectivity index (χ1v) is 9.68. The van der Waals surface area contributed by atoms with Gasteiger partial charge in [-0.05, 0) is 37.3 Å². The van der Waals surface area contributed by atoms with Crippen molar-refractivity contribution < 1.29 is 19.2 Å². The SMILES string of the molecule is CC(=O)Nc1cccc(NC(=O)[C@@H](C)NC(=O)C2CC(=O)N(c3ccccc3)C2)c1. The molecule has 8 heteroatoms. The molecule has 0 radical (unpaired) electrons. The molecule has 3 rings (SSSR count). The van der Waals surface area contributed by atoms with Crippen molar-refractivity contribution in [3.63, 3.8) is 0 Å². The molecular formula is C22H24N4O4. The fourth-order valence-electron chi connectivity index (χ4n) is 3.27. The van der Waals surface area contributed by atoms with Crippen molar-refractivity contribution in [2.24, 2.45) is 5.92 Å².